The van der Waals surface area contributed by atoms with Crippen molar-refractivity contribution < 1.29 is 28.9 Å². The number of benzene rings is 1. The highest BCUT2D eigenvalue weighted by molar-refractivity contribution is 5.95. The van der Waals surface area contributed by atoms with E-state index in [-0.39, 0.29) is 19.1 Å². The molecule has 0 radical (unpaired) electrons. The fraction of sp³-hybridized carbons (Fsp3) is 0.529. The van der Waals surface area contributed by atoms with Crippen LogP contribution in [0, 0.1) is 0 Å². The normalized spacial score (nSPS) is 17.4. The van der Waals surface area contributed by atoms with E-state index in [4.69, 9.17) is 19.3 Å². The number of carbonyl (C=O) groups is 2. The van der Waals surface area contributed by atoms with Crippen molar-refractivity contribution in [2.75, 3.05) is 33.4 Å². The number of ether oxygens (including phenoxy) is 3. The van der Waals surface area contributed by atoms with Gasteiger partial charge in [0, 0.05) is 12.1 Å². The highest BCUT2D eigenvalue weighted by atomic mass is 16.5. The van der Waals surface area contributed by atoms with Crippen molar-refractivity contribution in [3.8, 4) is 11.5 Å². The third-order valence-electron chi connectivity index (χ3n) is 3.80. The number of hydrogen-bond donors (Lipinski definition) is 1. The van der Waals surface area contributed by atoms with Crippen LogP contribution in [0.15, 0.2) is 18.2 Å². The lowest BCUT2D eigenvalue weighted by Crippen LogP contribution is -2.48. The molecule has 1 amide bonds. The standard InChI is InChI=1S/C17H23NO6/c1-3-4-8-23-13-6-5-12(10-14(13)22-2)16(19)18-7-9-24-15(11-18)17(20)21/h5-6,10,15H,3-4,7-9,11H2,1-2H3,(H,20,21). The zero-order chi connectivity index (χ0) is 17.5. The van der Waals surface area contributed by atoms with Crippen molar-refractivity contribution in [3.63, 3.8) is 0 Å². The smallest absolute Gasteiger partial charge is 0.334 e. The Balaban J connectivity index is 2.10. The Hall–Kier alpha value is -2.28. The van der Waals surface area contributed by atoms with Crippen LogP contribution in [-0.2, 0) is 9.53 Å². The zero-order valence-corrected chi connectivity index (χ0v) is 14.0. The van der Waals surface area contributed by atoms with E-state index in [9.17, 15) is 9.59 Å². The number of aliphatic carboxylic acids is 1. The highest BCUT2D eigenvalue weighted by Gasteiger charge is 2.29. The lowest BCUT2D eigenvalue weighted by atomic mass is 10.1. The summed E-state index contributed by atoms with van der Waals surface area (Å²) in [5.74, 6) is -0.236. The van der Waals surface area contributed by atoms with Gasteiger partial charge in [-0.2, -0.15) is 0 Å². The fourth-order valence-electron chi connectivity index (χ4n) is 2.41. The lowest BCUT2D eigenvalue weighted by Gasteiger charge is -2.31. The Morgan fingerprint density at radius 3 is 2.83 bits per heavy atom. The molecule has 0 saturated carbocycles. The lowest BCUT2D eigenvalue weighted by molar-refractivity contribution is -0.154. The number of unbranched alkanes of at least 4 members (excludes halogenated alkanes) is 1. The quantitative estimate of drug-likeness (QED) is 0.764. The molecule has 1 heterocycles. The number of rotatable bonds is 7. The first-order valence-electron chi connectivity index (χ1n) is 8.01. The van der Waals surface area contributed by atoms with Gasteiger partial charge in [-0.25, -0.2) is 4.79 Å². The maximum Gasteiger partial charge on any atom is 0.334 e. The molecular formula is C17H23NO6. The van der Waals surface area contributed by atoms with E-state index in [0.29, 0.717) is 30.2 Å². The first kappa shape index (κ1) is 18.1. The van der Waals surface area contributed by atoms with E-state index in [1.165, 1.54) is 12.0 Å². The molecule has 1 aliphatic rings. The minimum Gasteiger partial charge on any atom is -0.493 e. The molecule has 1 N–H and O–H groups in total. The molecule has 1 saturated heterocycles. The molecule has 0 aromatic heterocycles. The molecular weight excluding hydrogens is 314 g/mol. The van der Waals surface area contributed by atoms with Gasteiger partial charge in [0.25, 0.3) is 5.91 Å². The molecule has 1 fully saturated rings. The predicted molar refractivity (Wildman–Crippen MR) is 86.7 cm³/mol. The molecule has 0 spiro atoms. The fourth-order valence-corrected chi connectivity index (χ4v) is 2.41. The first-order valence-corrected chi connectivity index (χ1v) is 8.01. The number of nitrogens with zero attached hydrogens (tertiary/aromatic N) is 1. The van der Waals surface area contributed by atoms with Gasteiger partial charge >= 0.3 is 5.97 Å². The van der Waals surface area contributed by atoms with E-state index in [1.807, 2.05) is 0 Å². The van der Waals surface area contributed by atoms with Crippen LogP contribution in [0.25, 0.3) is 0 Å². The Labute approximate surface area is 141 Å². The molecule has 24 heavy (non-hydrogen) atoms. The molecule has 1 aliphatic heterocycles. The number of hydrogen-bond acceptors (Lipinski definition) is 5. The highest BCUT2D eigenvalue weighted by Crippen LogP contribution is 2.29. The van der Waals surface area contributed by atoms with Crippen LogP contribution in [0.2, 0.25) is 0 Å². The second-order valence-electron chi connectivity index (χ2n) is 5.52. The summed E-state index contributed by atoms with van der Waals surface area (Å²) in [5.41, 5.74) is 0.431. The van der Waals surface area contributed by atoms with Gasteiger partial charge in [-0.05, 0) is 24.6 Å². The van der Waals surface area contributed by atoms with Gasteiger partial charge in [0.05, 0.1) is 26.9 Å². The molecule has 1 aromatic carbocycles. The van der Waals surface area contributed by atoms with Crippen molar-refractivity contribution in [2.45, 2.75) is 25.9 Å². The maximum absolute atomic E-state index is 12.6. The van der Waals surface area contributed by atoms with E-state index in [0.717, 1.165) is 12.8 Å². The first-order chi connectivity index (χ1) is 11.6. The van der Waals surface area contributed by atoms with Gasteiger partial charge in [-0.15, -0.1) is 0 Å². The van der Waals surface area contributed by atoms with Gasteiger partial charge in [0.2, 0.25) is 0 Å². The monoisotopic (exact) mass is 337 g/mol. The molecule has 0 bridgehead atoms. The van der Waals surface area contributed by atoms with Crippen molar-refractivity contribution in [1.29, 1.82) is 0 Å². The van der Waals surface area contributed by atoms with Crippen molar-refractivity contribution >= 4 is 11.9 Å². The Morgan fingerprint density at radius 1 is 1.38 bits per heavy atom. The van der Waals surface area contributed by atoms with Crippen LogP contribution in [-0.4, -0.2) is 61.4 Å². The summed E-state index contributed by atoms with van der Waals surface area (Å²) >= 11 is 0. The minimum absolute atomic E-state index is 0.0330. The van der Waals surface area contributed by atoms with Crippen LogP contribution in [0.1, 0.15) is 30.1 Å². The topological polar surface area (TPSA) is 85.3 Å². The maximum atomic E-state index is 12.6. The molecule has 132 valence electrons. The van der Waals surface area contributed by atoms with E-state index in [2.05, 4.69) is 6.92 Å². The third-order valence-corrected chi connectivity index (χ3v) is 3.80. The van der Waals surface area contributed by atoms with Crippen LogP contribution in [0.4, 0.5) is 0 Å². The number of methoxy groups -OCH3 is 1. The molecule has 7 nitrogen and oxygen atoms in total. The molecule has 0 aliphatic carbocycles. The summed E-state index contributed by atoms with van der Waals surface area (Å²) in [6, 6.07) is 4.99. The Kier molecular flexibility index (Phi) is 6.43. The predicted octanol–water partition coefficient (Wildman–Crippen LogP) is 1.80. The summed E-state index contributed by atoms with van der Waals surface area (Å²) in [6.45, 7) is 3.27. The summed E-state index contributed by atoms with van der Waals surface area (Å²) < 4.78 is 16.1. The summed E-state index contributed by atoms with van der Waals surface area (Å²) in [6.07, 6.45) is 0.982. The average Bonchev–Trinajstić information content (AvgIpc) is 2.61. The van der Waals surface area contributed by atoms with Crippen LogP contribution in [0.3, 0.4) is 0 Å². The number of carboxylic acids is 1. The summed E-state index contributed by atoms with van der Waals surface area (Å²) in [4.78, 5) is 25.1. The number of amides is 1. The largest absolute Gasteiger partial charge is 0.493 e. The molecule has 7 heteroatoms. The zero-order valence-electron chi connectivity index (χ0n) is 14.0. The molecule has 1 unspecified atom stereocenters. The Morgan fingerprint density at radius 2 is 2.17 bits per heavy atom. The molecule has 2 rings (SSSR count). The van der Waals surface area contributed by atoms with E-state index < -0.39 is 12.1 Å². The SMILES string of the molecule is CCCCOc1ccc(C(=O)N2CCOC(C(=O)O)C2)cc1OC. The average molecular weight is 337 g/mol. The van der Waals surface area contributed by atoms with E-state index in [1.54, 1.807) is 18.2 Å². The number of morpholine rings is 1. The van der Waals surface area contributed by atoms with E-state index >= 15 is 0 Å². The van der Waals surface area contributed by atoms with Crippen LogP contribution in [0.5, 0.6) is 11.5 Å². The van der Waals surface area contributed by atoms with Gasteiger partial charge in [0.1, 0.15) is 0 Å². The molecule has 1 aromatic rings. The van der Waals surface area contributed by atoms with Crippen molar-refractivity contribution in [2.24, 2.45) is 0 Å². The van der Waals surface area contributed by atoms with Crippen LogP contribution >= 0.6 is 0 Å². The second-order valence-corrected chi connectivity index (χ2v) is 5.52. The summed E-state index contributed by atoms with van der Waals surface area (Å²) in [5, 5.41) is 9.03. The number of carbonyl (C=O) groups excluding carboxylic acids is 1. The van der Waals surface area contributed by atoms with Crippen molar-refractivity contribution in [1.82, 2.24) is 4.90 Å². The number of carboxylic acid groups (broad SMARTS) is 1. The van der Waals surface area contributed by atoms with Crippen molar-refractivity contribution in [3.05, 3.63) is 23.8 Å². The van der Waals surface area contributed by atoms with Crippen LogP contribution < -0.4 is 9.47 Å². The van der Waals surface area contributed by atoms with Gasteiger partial charge in [0.15, 0.2) is 17.6 Å². The molecule has 1 atom stereocenters. The van der Waals surface area contributed by atoms with Gasteiger partial charge < -0.3 is 24.2 Å². The summed E-state index contributed by atoms with van der Waals surface area (Å²) in [7, 11) is 1.52. The van der Waals surface area contributed by atoms with Gasteiger partial charge in [-0.3, -0.25) is 4.79 Å². The minimum atomic E-state index is -1.07. The van der Waals surface area contributed by atoms with Gasteiger partial charge in [-0.1, -0.05) is 13.3 Å². The second kappa shape index (κ2) is 8.54. The third kappa shape index (κ3) is 4.38. The Bertz CT molecular complexity index is 588.